The van der Waals surface area contributed by atoms with Gasteiger partial charge in [-0.15, -0.1) is 0 Å². The highest BCUT2D eigenvalue weighted by Crippen LogP contribution is 2.35. The number of amides is 1. The van der Waals surface area contributed by atoms with Crippen LogP contribution in [0.5, 0.6) is 0 Å². The van der Waals surface area contributed by atoms with Gasteiger partial charge < -0.3 is 9.88 Å². The zero-order valence-electron chi connectivity index (χ0n) is 17.2. The van der Waals surface area contributed by atoms with E-state index in [1.165, 1.54) is 24.3 Å². The first kappa shape index (κ1) is 21.0. The maximum Gasteiger partial charge on any atom is 0.258 e. The van der Waals surface area contributed by atoms with E-state index in [-0.39, 0.29) is 22.4 Å². The largest absolute Gasteiger partial charge is 0.321 e. The normalized spacial score (nSPS) is 11.3. The second-order valence-corrected chi connectivity index (χ2v) is 8.04. The number of aromatic nitrogens is 2. The molecule has 0 radical (unpaired) electrons. The molecular weight excluding hydrogens is 420 g/mol. The summed E-state index contributed by atoms with van der Waals surface area (Å²) in [5, 5.41) is 3.08. The van der Waals surface area contributed by atoms with E-state index in [1.54, 1.807) is 6.07 Å². The zero-order chi connectivity index (χ0) is 22.3. The Kier molecular flexibility index (Phi) is 5.50. The van der Waals surface area contributed by atoms with Gasteiger partial charge in [0.15, 0.2) is 0 Å². The number of imidazole rings is 1. The Labute approximate surface area is 183 Å². The number of benzene rings is 3. The third-order valence-corrected chi connectivity index (χ3v) is 5.33. The second kappa shape index (κ2) is 8.12. The van der Waals surface area contributed by atoms with E-state index in [9.17, 15) is 13.6 Å². The van der Waals surface area contributed by atoms with Crippen molar-refractivity contribution in [3.05, 3.63) is 82.4 Å². The predicted octanol–water partition coefficient (Wildman–Crippen LogP) is 6.78. The van der Waals surface area contributed by atoms with Gasteiger partial charge in [0.25, 0.3) is 5.91 Å². The molecule has 4 nitrogen and oxygen atoms in total. The SMILES string of the molecule is Cc1cccc(-c2nc3ccc(F)cc3n2C(C)C)c1NC(=O)c1cc(Cl)ccc1F. The van der Waals surface area contributed by atoms with E-state index in [4.69, 9.17) is 16.6 Å². The molecule has 158 valence electrons. The lowest BCUT2D eigenvalue weighted by atomic mass is 10.1. The zero-order valence-corrected chi connectivity index (χ0v) is 18.0. The van der Waals surface area contributed by atoms with Gasteiger partial charge in [0.1, 0.15) is 17.5 Å². The standard InChI is InChI=1S/C24H20ClF2N3O/c1-13(2)30-21-12-16(26)8-10-20(21)28-23(30)17-6-4-5-14(3)22(17)29-24(31)18-11-15(25)7-9-19(18)27/h4-13H,1-3H3,(H,29,31). The van der Waals surface area contributed by atoms with Crippen molar-refractivity contribution in [3.63, 3.8) is 0 Å². The topological polar surface area (TPSA) is 46.9 Å². The van der Waals surface area contributed by atoms with Gasteiger partial charge in [-0.2, -0.15) is 0 Å². The van der Waals surface area contributed by atoms with Crippen LogP contribution in [-0.2, 0) is 0 Å². The third kappa shape index (κ3) is 3.91. The number of hydrogen-bond acceptors (Lipinski definition) is 2. The maximum atomic E-state index is 14.2. The quantitative estimate of drug-likeness (QED) is 0.381. The lowest BCUT2D eigenvalue weighted by Crippen LogP contribution is -2.16. The number of nitrogens with one attached hydrogen (secondary N) is 1. The Balaban J connectivity index is 1.87. The minimum atomic E-state index is -0.665. The lowest BCUT2D eigenvalue weighted by Gasteiger charge is -2.18. The Morgan fingerprint density at radius 3 is 2.61 bits per heavy atom. The molecule has 0 atom stereocenters. The van der Waals surface area contributed by atoms with Gasteiger partial charge in [-0.25, -0.2) is 13.8 Å². The second-order valence-electron chi connectivity index (χ2n) is 7.61. The average molecular weight is 440 g/mol. The summed E-state index contributed by atoms with van der Waals surface area (Å²) in [6.45, 7) is 5.80. The van der Waals surface area contributed by atoms with Gasteiger partial charge in [-0.05, 0) is 68.8 Å². The van der Waals surface area contributed by atoms with E-state index >= 15 is 0 Å². The highest BCUT2D eigenvalue weighted by Gasteiger charge is 2.21. The summed E-state index contributed by atoms with van der Waals surface area (Å²) < 4.78 is 30.1. The van der Waals surface area contributed by atoms with Crippen molar-refractivity contribution >= 4 is 34.2 Å². The van der Waals surface area contributed by atoms with Crippen LogP contribution in [-0.4, -0.2) is 15.5 Å². The van der Waals surface area contributed by atoms with E-state index < -0.39 is 11.7 Å². The first-order chi connectivity index (χ1) is 14.8. The summed E-state index contributed by atoms with van der Waals surface area (Å²) in [5.41, 5.74) is 3.09. The number of carbonyl (C=O) groups excluding carboxylic acids is 1. The number of rotatable bonds is 4. The molecule has 7 heteroatoms. The Morgan fingerprint density at radius 2 is 1.87 bits per heavy atom. The number of para-hydroxylation sites is 1. The highest BCUT2D eigenvalue weighted by molar-refractivity contribution is 6.31. The number of aryl methyl sites for hydroxylation is 1. The number of anilines is 1. The summed E-state index contributed by atoms with van der Waals surface area (Å²) in [5.74, 6) is -1.05. The molecule has 4 rings (SSSR count). The van der Waals surface area contributed by atoms with Gasteiger partial charge in [0.05, 0.1) is 22.3 Å². The van der Waals surface area contributed by atoms with Crippen molar-refractivity contribution in [2.24, 2.45) is 0 Å². The van der Waals surface area contributed by atoms with E-state index in [2.05, 4.69) is 5.32 Å². The maximum absolute atomic E-state index is 14.2. The first-order valence-electron chi connectivity index (χ1n) is 9.80. The fourth-order valence-corrected chi connectivity index (χ4v) is 3.82. The number of nitrogens with zero attached hydrogens (tertiary/aromatic N) is 2. The van der Waals surface area contributed by atoms with Crippen LogP contribution in [0.25, 0.3) is 22.4 Å². The van der Waals surface area contributed by atoms with Crippen LogP contribution in [0, 0.1) is 18.6 Å². The van der Waals surface area contributed by atoms with Gasteiger partial charge in [0, 0.05) is 16.6 Å². The molecule has 0 spiro atoms. The number of halogens is 3. The molecule has 1 amide bonds. The number of fused-ring (bicyclic) bond motifs is 1. The fraction of sp³-hybridized carbons (Fsp3) is 0.167. The monoisotopic (exact) mass is 439 g/mol. The molecule has 0 unspecified atom stereocenters. The van der Waals surface area contributed by atoms with Crippen molar-refractivity contribution in [1.82, 2.24) is 9.55 Å². The highest BCUT2D eigenvalue weighted by atomic mass is 35.5. The minimum absolute atomic E-state index is 0.0174. The van der Waals surface area contributed by atoms with Crippen LogP contribution in [0.3, 0.4) is 0 Å². The van der Waals surface area contributed by atoms with Gasteiger partial charge in [0.2, 0.25) is 0 Å². The van der Waals surface area contributed by atoms with Gasteiger partial charge >= 0.3 is 0 Å². The summed E-state index contributed by atoms with van der Waals surface area (Å²) in [7, 11) is 0. The molecule has 0 fully saturated rings. The average Bonchev–Trinajstić information content (AvgIpc) is 3.09. The lowest BCUT2D eigenvalue weighted by molar-refractivity contribution is 0.102. The smallest absolute Gasteiger partial charge is 0.258 e. The summed E-state index contributed by atoms with van der Waals surface area (Å²) in [4.78, 5) is 17.6. The van der Waals surface area contributed by atoms with Crippen LogP contribution in [0.4, 0.5) is 14.5 Å². The minimum Gasteiger partial charge on any atom is -0.321 e. The van der Waals surface area contributed by atoms with Crippen molar-refractivity contribution < 1.29 is 13.6 Å². The number of carbonyl (C=O) groups is 1. The first-order valence-corrected chi connectivity index (χ1v) is 10.2. The molecule has 0 aliphatic carbocycles. The molecule has 3 aromatic carbocycles. The Hall–Kier alpha value is -3.25. The molecule has 0 aliphatic rings. The molecule has 0 bridgehead atoms. The summed E-state index contributed by atoms with van der Waals surface area (Å²) >= 11 is 5.95. The van der Waals surface area contributed by atoms with E-state index in [0.717, 1.165) is 11.6 Å². The van der Waals surface area contributed by atoms with Crippen LogP contribution in [0.1, 0.15) is 35.8 Å². The van der Waals surface area contributed by atoms with Crippen LogP contribution in [0.2, 0.25) is 5.02 Å². The molecule has 0 saturated carbocycles. The molecule has 31 heavy (non-hydrogen) atoms. The molecule has 4 aromatic rings. The third-order valence-electron chi connectivity index (χ3n) is 5.09. The molecule has 1 N–H and O–H groups in total. The summed E-state index contributed by atoms with van der Waals surface area (Å²) in [6.07, 6.45) is 0. The van der Waals surface area contributed by atoms with Crippen LogP contribution in [0.15, 0.2) is 54.6 Å². The molecule has 1 aromatic heterocycles. The van der Waals surface area contributed by atoms with Gasteiger partial charge in [-0.1, -0.05) is 23.7 Å². The molecule has 1 heterocycles. The Morgan fingerprint density at radius 1 is 1.10 bits per heavy atom. The van der Waals surface area contributed by atoms with E-state index in [1.807, 2.05) is 43.5 Å². The molecule has 0 aliphatic heterocycles. The Bertz CT molecular complexity index is 1310. The number of hydrogen-bond donors (Lipinski definition) is 1. The summed E-state index contributed by atoms with van der Waals surface area (Å²) in [6, 6.07) is 13.8. The van der Waals surface area contributed by atoms with Gasteiger partial charge in [-0.3, -0.25) is 4.79 Å². The van der Waals surface area contributed by atoms with Crippen molar-refractivity contribution in [2.45, 2.75) is 26.8 Å². The molecular formula is C24H20ClF2N3O. The van der Waals surface area contributed by atoms with Crippen molar-refractivity contribution in [3.8, 4) is 11.4 Å². The van der Waals surface area contributed by atoms with Crippen molar-refractivity contribution in [1.29, 1.82) is 0 Å². The molecule has 0 saturated heterocycles. The fourth-order valence-electron chi connectivity index (χ4n) is 3.65. The predicted molar refractivity (Wildman–Crippen MR) is 120 cm³/mol. The van der Waals surface area contributed by atoms with Crippen LogP contribution < -0.4 is 5.32 Å². The van der Waals surface area contributed by atoms with Crippen molar-refractivity contribution in [2.75, 3.05) is 5.32 Å². The van der Waals surface area contributed by atoms with E-state index in [0.29, 0.717) is 28.1 Å². The van der Waals surface area contributed by atoms with Crippen LogP contribution >= 0.6 is 11.6 Å².